The molecule has 1 aliphatic rings. The summed E-state index contributed by atoms with van der Waals surface area (Å²) in [7, 11) is 0. The number of rotatable bonds is 2. The first-order valence-corrected chi connectivity index (χ1v) is 5.25. The number of phenolic OH excluding ortho intramolecular Hbond substituents is 1. The van der Waals surface area contributed by atoms with Gasteiger partial charge in [0.15, 0.2) is 0 Å². The van der Waals surface area contributed by atoms with Gasteiger partial charge in [-0.25, -0.2) is 0 Å². The summed E-state index contributed by atoms with van der Waals surface area (Å²) in [5, 5.41) is 18.2. The topological polar surface area (TPSA) is 47.3 Å². The van der Waals surface area contributed by atoms with E-state index in [4.69, 9.17) is 5.26 Å². The zero-order chi connectivity index (χ0) is 10.7. The van der Waals surface area contributed by atoms with Crippen LogP contribution in [-0.4, -0.2) is 18.2 Å². The van der Waals surface area contributed by atoms with Crippen LogP contribution in [0.3, 0.4) is 0 Å². The highest BCUT2D eigenvalue weighted by Gasteiger charge is 2.13. The van der Waals surface area contributed by atoms with Gasteiger partial charge in [0.05, 0.1) is 12.5 Å². The molecule has 3 heteroatoms. The second-order valence-electron chi connectivity index (χ2n) is 3.84. The van der Waals surface area contributed by atoms with Crippen LogP contribution in [-0.2, 0) is 6.42 Å². The van der Waals surface area contributed by atoms with E-state index in [1.54, 1.807) is 6.07 Å². The molecule has 1 aliphatic heterocycles. The number of aromatic hydroxyl groups is 1. The van der Waals surface area contributed by atoms with Crippen LogP contribution in [0.1, 0.15) is 18.4 Å². The first-order chi connectivity index (χ1) is 7.31. The van der Waals surface area contributed by atoms with Crippen molar-refractivity contribution in [1.82, 2.24) is 0 Å². The predicted molar refractivity (Wildman–Crippen MR) is 58.9 cm³/mol. The van der Waals surface area contributed by atoms with Crippen molar-refractivity contribution in [3.63, 3.8) is 0 Å². The molecule has 0 radical (unpaired) electrons. The van der Waals surface area contributed by atoms with Crippen LogP contribution in [0.4, 0.5) is 5.69 Å². The number of benzene rings is 1. The number of nitriles is 1. The summed E-state index contributed by atoms with van der Waals surface area (Å²) in [4.78, 5) is 2.29. The van der Waals surface area contributed by atoms with Gasteiger partial charge in [-0.1, -0.05) is 0 Å². The molecule has 1 fully saturated rings. The lowest BCUT2D eigenvalue weighted by atomic mass is 10.1. The van der Waals surface area contributed by atoms with Crippen molar-refractivity contribution in [2.45, 2.75) is 19.3 Å². The minimum absolute atomic E-state index is 0.222. The molecule has 0 saturated carbocycles. The van der Waals surface area contributed by atoms with Crippen molar-refractivity contribution in [3.8, 4) is 11.8 Å². The molecule has 0 bridgehead atoms. The van der Waals surface area contributed by atoms with Gasteiger partial charge in [-0.3, -0.25) is 0 Å². The fourth-order valence-corrected chi connectivity index (χ4v) is 1.97. The summed E-state index contributed by atoms with van der Waals surface area (Å²) in [5.74, 6) is 0.222. The molecule has 2 rings (SSSR count). The molecule has 0 spiro atoms. The van der Waals surface area contributed by atoms with E-state index < -0.39 is 0 Å². The maximum absolute atomic E-state index is 9.54. The highest BCUT2D eigenvalue weighted by molar-refractivity contribution is 5.53. The highest BCUT2D eigenvalue weighted by Crippen LogP contribution is 2.26. The minimum atomic E-state index is 0.222. The number of hydrogen-bond acceptors (Lipinski definition) is 3. The minimum Gasteiger partial charge on any atom is -0.508 e. The second-order valence-corrected chi connectivity index (χ2v) is 3.84. The van der Waals surface area contributed by atoms with E-state index in [1.807, 2.05) is 12.1 Å². The van der Waals surface area contributed by atoms with Gasteiger partial charge in [-0.2, -0.15) is 5.26 Å². The number of hydrogen-bond donors (Lipinski definition) is 1. The molecule has 78 valence electrons. The summed E-state index contributed by atoms with van der Waals surface area (Å²) >= 11 is 0. The zero-order valence-corrected chi connectivity index (χ0v) is 8.61. The van der Waals surface area contributed by atoms with Gasteiger partial charge in [0.25, 0.3) is 0 Å². The highest BCUT2D eigenvalue weighted by atomic mass is 16.3. The van der Waals surface area contributed by atoms with Gasteiger partial charge in [-0.15, -0.1) is 0 Å². The monoisotopic (exact) mass is 202 g/mol. The molecule has 15 heavy (non-hydrogen) atoms. The first kappa shape index (κ1) is 9.85. The lowest BCUT2D eigenvalue weighted by Crippen LogP contribution is -2.17. The quantitative estimate of drug-likeness (QED) is 0.798. The Balaban J connectivity index is 2.25. The summed E-state index contributed by atoms with van der Waals surface area (Å²) in [6.07, 6.45) is 2.73. The van der Waals surface area contributed by atoms with E-state index in [1.165, 1.54) is 12.8 Å². The molecule has 0 aliphatic carbocycles. The number of nitrogens with zero attached hydrogens (tertiary/aromatic N) is 2. The smallest absolute Gasteiger partial charge is 0.119 e. The molecule has 1 saturated heterocycles. The van der Waals surface area contributed by atoms with E-state index in [9.17, 15) is 5.11 Å². The Morgan fingerprint density at radius 2 is 2.07 bits per heavy atom. The third-order valence-electron chi connectivity index (χ3n) is 2.80. The van der Waals surface area contributed by atoms with Gasteiger partial charge in [0, 0.05) is 24.3 Å². The summed E-state index contributed by atoms with van der Waals surface area (Å²) < 4.78 is 0. The Morgan fingerprint density at radius 1 is 1.33 bits per heavy atom. The normalized spacial score (nSPS) is 15.3. The van der Waals surface area contributed by atoms with E-state index in [0.717, 1.165) is 24.3 Å². The average molecular weight is 202 g/mol. The van der Waals surface area contributed by atoms with E-state index >= 15 is 0 Å². The molecular formula is C12H14N2O. The van der Waals surface area contributed by atoms with Crippen LogP contribution < -0.4 is 4.90 Å². The lowest BCUT2D eigenvalue weighted by Gasteiger charge is -2.18. The van der Waals surface area contributed by atoms with Crippen LogP contribution in [0.5, 0.6) is 5.75 Å². The maximum Gasteiger partial charge on any atom is 0.119 e. The molecule has 1 heterocycles. The fraction of sp³-hybridized carbons (Fsp3) is 0.417. The van der Waals surface area contributed by atoms with Gasteiger partial charge < -0.3 is 10.0 Å². The van der Waals surface area contributed by atoms with Crippen LogP contribution in [0, 0.1) is 11.3 Å². The second kappa shape index (κ2) is 4.22. The Labute approximate surface area is 89.6 Å². The lowest BCUT2D eigenvalue weighted by molar-refractivity contribution is 0.470. The molecule has 1 aromatic carbocycles. The van der Waals surface area contributed by atoms with Gasteiger partial charge in [-0.05, 0) is 31.0 Å². The maximum atomic E-state index is 9.54. The van der Waals surface area contributed by atoms with Crippen molar-refractivity contribution < 1.29 is 5.11 Å². The zero-order valence-electron chi connectivity index (χ0n) is 8.61. The number of phenols is 1. The fourth-order valence-electron chi connectivity index (χ4n) is 1.97. The largest absolute Gasteiger partial charge is 0.508 e. The van der Waals surface area contributed by atoms with E-state index in [-0.39, 0.29) is 12.2 Å². The Morgan fingerprint density at radius 3 is 2.73 bits per heavy atom. The third kappa shape index (κ3) is 2.04. The molecule has 0 aromatic heterocycles. The SMILES string of the molecule is N#CCc1cc(N2CCCC2)ccc1O. The van der Waals surface area contributed by atoms with E-state index in [2.05, 4.69) is 11.0 Å². The van der Waals surface area contributed by atoms with Crippen molar-refractivity contribution in [3.05, 3.63) is 23.8 Å². The molecule has 1 aromatic rings. The summed E-state index contributed by atoms with van der Waals surface area (Å²) in [6, 6.07) is 7.58. The van der Waals surface area contributed by atoms with Crippen LogP contribution in [0.2, 0.25) is 0 Å². The van der Waals surface area contributed by atoms with Gasteiger partial charge >= 0.3 is 0 Å². The Hall–Kier alpha value is -1.69. The third-order valence-corrected chi connectivity index (χ3v) is 2.80. The summed E-state index contributed by atoms with van der Waals surface area (Å²) in [5.41, 5.74) is 1.84. The molecule has 0 unspecified atom stereocenters. The Kier molecular flexibility index (Phi) is 2.77. The van der Waals surface area contributed by atoms with Crippen molar-refractivity contribution in [2.24, 2.45) is 0 Å². The van der Waals surface area contributed by atoms with Crippen molar-refractivity contribution in [1.29, 1.82) is 5.26 Å². The van der Waals surface area contributed by atoms with Gasteiger partial charge in [0.1, 0.15) is 5.75 Å². The number of anilines is 1. The predicted octanol–water partition coefficient (Wildman–Crippen LogP) is 2.06. The van der Waals surface area contributed by atoms with Gasteiger partial charge in [0.2, 0.25) is 0 Å². The standard InChI is InChI=1S/C12H14N2O/c13-6-5-10-9-11(3-4-12(10)15)14-7-1-2-8-14/h3-4,9,15H,1-2,5,7-8H2. The van der Waals surface area contributed by atoms with Crippen molar-refractivity contribution >= 4 is 5.69 Å². The van der Waals surface area contributed by atoms with Crippen molar-refractivity contribution in [2.75, 3.05) is 18.0 Å². The Bertz CT molecular complexity index is 389. The molecular weight excluding hydrogens is 188 g/mol. The van der Waals surface area contributed by atoms with E-state index in [0.29, 0.717) is 0 Å². The molecule has 3 nitrogen and oxygen atoms in total. The van der Waals surface area contributed by atoms with Crippen LogP contribution >= 0.6 is 0 Å². The van der Waals surface area contributed by atoms with Crippen LogP contribution in [0.25, 0.3) is 0 Å². The van der Waals surface area contributed by atoms with Crippen LogP contribution in [0.15, 0.2) is 18.2 Å². The average Bonchev–Trinajstić information content (AvgIpc) is 2.75. The molecule has 1 N–H and O–H groups in total. The summed E-state index contributed by atoms with van der Waals surface area (Å²) in [6.45, 7) is 2.16. The molecule has 0 amide bonds. The first-order valence-electron chi connectivity index (χ1n) is 5.25. The molecule has 0 atom stereocenters.